The van der Waals surface area contributed by atoms with Gasteiger partial charge in [-0.25, -0.2) is 13.2 Å². The summed E-state index contributed by atoms with van der Waals surface area (Å²) in [5.74, 6) is -0.978. The van der Waals surface area contributed by atoms with E-state index in [1.807, 2.05) is 0 Å². The van der Waals surface area contributed by atoms with E-state index in [4.69, 9.17) is 5.73 Å². The molecule has 1 rings (SSSR count). The third kappa shape index (κ3) is 2.44. The van der Waals surface area contributed by atoms with Gasteiger partial charge in [-0.1, -0.05) is 0 Å². The second-order valence-electron chi connectivity index (χ2n) is 2.82. The van der Waals surface area contributed by atoms with Crippen LogP contribution in [0.25, 0.3) is 0 Å². The maximum atomic E-state index is 13.0. The summed E-state index contributed by atoms with van der Waals surface area (Å²) in [6.45, 7) is 0. The van der Waals surface area contributed by atoms with Gasteiger partial charge in [0.05, 0.1) is 11.0 Å². The van der Waals surface area contributed by atoms with Gasteiger partial charge >= 0.3 is 0 Å². The molecule has 1 unspecified atom stereocenters. The Kier molecular flexibility index (Phi) is 3.25. The summed E-state index contributed by atoms with van der Waals surface area (Å²) < 4.78 is 37.3. The van der Waals surface area contributed by atoms with Crippen LogP contribution in [0.1, 0.15) is 11.6 Å². The van der Waals surface area contributed by atoms with Crippen LogP contribution in [0, 0.1) is 15.9 Å². The lowest BCUT2D eigenvalue weighted by atomic mass is 10.1. The van der Waals surface area contributed by atoms with Crippen LogP contribution >= 0.6 is 0 Å². The van der Waals surface area contributed by atoms with Crippen molar-refractivity contribution in [2.24, 2.45) is 5.73 Å². The molecule has 0 radical (unpaired) electrons. The molecular weight excluding hydrogens is 213 g/mol. The lowest BCUT2D eigenvalue weighted by Crippen LogP contribution is -2.20. The molecule has 0 saturated heterocycles. The van der Waals surface area contributed by atoms with Gasteiger partial charge in [0.1, 0.15) is 5.82 Å². The Morgan fingerprint density at radius 3 is 2.47 bits per heavy atom. The standard InChI is InChI=1S/C8H7F3N2O2/c9-6-2-1-4(13(14)15)3-5(6)7(12)8(10)11/h1-3,7-8H,12H2. The molecule has 0 aromatic heterocycles. The van der Waals surface area contributed by atoms with Crippen molar-refractivity contribution in [3.8, 4) is 0 Å². The van der Waals surface area contributed by atoms with Gasteiger partial charge in [-0.15, -0.1) is 0 Å². The van der Waals surface area contributed by atoms with Crippen LogP contribution in [0.15, 0.2) is 18.2 Å². The molecule has 1 aromatic rings. The Morgan fingerprint density at radius 2 is 2.00 bits per heavy atom. The number of halogens is 3. The number of alkyl halides is 2. The number of rotatable bonds is 3. The number of nitro groups is 1. The van der Waals surface area contributed by atoms with Crippen molar-refractivity contribution in [2.75, 3.05) is 0 Å². The number of hydrogen-bond donors (Lipinski definition) is 1. The fraction of sp³-hybridized carbons (Fsp3) is 0.250. The van der Waals surface area contributed by atoms with Gasteiger partial charge in [0, 0.05) is 17.7 Å². The van der Waals surface area contributed by atoms with Crippen LogP contribution in [0.4, 0.5) is 18.9 Å². The van der Waals surface area contributed by atoms with Crippen LogP contribution < -0.4 is 5.73 Å². The molecule has 0 aliphatic rings. The maximum Gasteiger partial charge on any atom is 0.269 e. The van der Waals surface area contributed by atoms with Crippen molar-refractivity contribution in [1.29, 1.82) is 0 Å². The Balaban J connectivity index is 3.16. The van der Waals surface area contributed by atoms with Gasteiger partial charge in [0.15, 0.2) is 0 Å². The molecule has 7 heteroatoms. The van der Waals surface area contributed by atoms with Gasteiger partial charge in [0.25, 0.3) is 12.1 Å². The first kappa shape index (κ1) is 11.4. The summed E-state index contributed by atoms with van der Waals surface area (Å²) in [5.41, 5.74) is 3.97. The minimum atomic E-state index is -2.97. The van der Waals surface area contributed by atoms with E-state index in [1.54, 1.807) is 0 Å². The van der Waals surface area contributed by atoms with Crippen LogP contribution in [-0.4, -0.2) is 11.3 Å². The molecule has 0 aliphatic carbocycles. The average Bonchev–Trinajstić information content (AvgIpc) is 2.16. The van der Waals surface area contributed by atoms with E-state index in [1.165, 1.54) is 0 Å². The van der Waals surface area contributed by atoms with E-state index in [-0.39, 0.29) is 0 Å². The van der Waals surface area contributed by atoms with E-state index < -0.39 is 34.5 Å². The number of benzene rings is 1. The number of hydrogen-bond acceptors (Lipinski definition) is 3. The summed E-state index contributed by atoms with van der Waals surface area (Å²) in [7, 11) is 0. The molecule has 0 aliphatic heterocycles. The van der Waals surface area contributed by atoms with Crippen molar-refractivity contribution in [1.82, 2.24) is 0 Å². The third-order valence-corrected chi connectivity index (χ3v) is 1.82. The predicted octanol–water partition coefficient (Wildman–Crippen LogP) is 2.00. The van der Waals surface area contributed by atoms with E-state index in [2.05, 4.69) is 0 Å². The second kappa shape index (κ2) is 4.26. The molecule has 0 spiro atoms. The van der Waals surface area contributed by atoms with Crippen LogP contribution in [-0.2, 0) is 0 Å². The highest BCUT2D eigenvalue weighted by Crippen LogP contribution is 2.24. The Hall–Kier alpha value is -1.63. The molecule has 0 bridgehead atoms. The highest BCUT2D eigenvalue weighted by atomic mass is 19.3. The number of non-ortho nitro benzene ring substituents is 1. The number of nitro benzene ring substituents is 1. The minimum Gasteiger partial charge on any atom is -0.319 e. The summed E-state index contributed by atoms with van der Waals surface area (Å²) in [6.07, 6.45) is -2.97. The molecule has 82 valence electrons. The highest BCUT2D eigenvalue weighted by Gasteiger charge is 2.23. The second-order valence-corrected chi connectivity index (χ2v) is 2.82. The van der Waals surface area contributed by atoms with E-state index in [0.29, 0.717) is 6.07 Å². The highest BCUT2D eigenvalue weighted by molar-refractivity contribution is 5.37. The fourth-order valence-corrected chi connectivity index (χ4v) is 1.04. The van der Waals surface area contributed by atoms with Crippen molar-refractivity contribution in [2.45, 2.75) is 12.5 Å². The normalized spacial score (nSPS) is 12.9. The molecule has 0 fully saturated rings. The molecule has 1 atom stereocenters. The lowest BCUT2D eigenvalue weighted by Gasteiger charge is -2.11. The van der Waals surface area contributed by atoms with E-state index in [9.17, 15) is 23.3 Å². The van der Waals surface area contributed by atoms with Crippen LogP contribution in [0.3, 0.4) is 0 Å². The Bertz CT molecular complexity index is 384. The van der Waals surface area contributed by atoms with Gasteiger partial charge < -0.3 is 5.73 Å². The quantitative estimate of drug-likeness (QED) is 0.625. The smallest absolute Gasteiger partial charge is 0.269 e. The molecular formula is C8H7F3N2O2. The van der Waals surface area contributed by atoms with Gasteiger partial charge in [-0.2, -0.15) is 0 Å². The zero-order chi connectivity index (χ0) is 11.6. The molecule has 15 heavy (non-hydrogen) atoms. The summed E-state index contributed by atoms with van der Waals surface area (Å²) in [6, 6.07) is 0.490. The van der Waals surface area contributed by atoms with E-state index in [0.717, 1.165) is 12.1 Å². The summed E-state index contributed by atoms with van der Waals surface area (Å²) >= 11 is 0. The van der Waals surface area contributed by atoms with Crippen molar-refractivity contribution < 1.29 is 18.1 Å². The van der Waals surface area contributed by atoms with Crippen molar-refractivity contribution in [3.63, 3.8) is 0 Å². The first-order chi connectivity index (χ1) is 6.93. The molecule has 2 N–H and O–H groups in total. The third-order valence-electron chi connectivity index (χ3n) is 1.82. The zero-order valence-electron chi connectivity index (χ0n) is 7.36. The summed E-state index contributed by atoms with van der Waals surface area (Å²) in [4.78, 5) is 9.51. The molecule has 1 aromatic carbocycles. The molecule has 0 saturated carbocycles. The largest absolute Gasteiger partial charge is 0.319 e. The fourth-order valence-electron chi connectivity index (χ4n) is 1.04. The van der Waals surface area contributed by atoms with E-state index >= 15 is 0 Å². The van der Waals surface area contributed by atoms with Crippen molar-refractivity contribution >= 4 is 5.69 Å². The van der Waals surface area contributed by atoms with Crippen molar-refractivity contribution in [3.05, 3.63) is 39.7 Å². The molecule has 0 heterocycles. The number of nitrogens with two attached hydrogens (primary N) is 1. The van der Waals surface area contributed by atoms with Gasteiger partial charge in [0.2, 0.25) is 0 Å². The number of nitrogens with zero attached hydrogens (tertiary/aromatic N) is 1. The topological polar surface area (TPSA) is 69.2 Å². The summed E-state index contributed by atoms with van der Waals surface area (Å²) in [5, 5.41) is 10.3. The first-order valence-electron chi connectivity index (χ1n) is 3.91. The van der Waals surface area contributed by atoms with Crippen LogP contribution in [0.5, 0.6) is 0 Å². The first-order valence-corrected chi connectivity index (χ1v) is 3.91. The van der Waals surface area contributed by atoms with Crippen LogP contribution in [0.2, 0.25) is 0 Å². The average molecular weight is 220 g/mol. The maximum absolute atomic E-state index is 13.0. The predicted molar refractivity (Wildman–Crippen MR) is 46.0 cm³/mol. The SMILES string of the molecule is NC(c1cc([N+](=O)[O-])ccc1F)C(F)F. The molecule has 4 nitrogen and oxygen atoms in total. The Labute approximate surface area is 82.7 Å². The minimum absolute atomic E-state index is 0.470. The lowest BCUT2D eigenvalue weighted by molar-refractivity contribution is -0.385. The van der Waals surface area contributed by atoms with Gasteiger partial charge in [-0.3, -0.25) is 10.1 Å². The van der Waals surface area contributed by atoms with Gasteiger partial charge in [-0.05, 0) is 6.07 Å². The zero-order valence-corrected chi connectivity index (χ0v) is 7.36. The monoisotopic (exact) mass is 220 g/mol. The molecule has 0 amide bonds. The Morgan fingerprint density at radius 1 is 1.40 bits per heavy atom.